The van der Waals surface area contributed by atoms with Crippen molar-refractivity contribution in [3.8, 4) is 0 Å². The highest BCUT2D eigenvalue weighted by atomic mass is 32.2. The van der Waals surface area contributed by atoms with Crippen molar-refractivity contribution >= 4 is 16.1 Å². The molecule has 1 aliphatic rings. The number of morpholine rings is 1. The average Bonchev–Trinajstić information content (AvgIpc) is 2.19. The smallest absolute Gasteiger partial charge is 0.236 e. The molecule has 1 atom stereocenters. The summed E-state index contributed by atoms with van der Waals surface area (Å²) in [5.74, 6) is -0.00211. The summed E-state index contributed by atoms with van der Waals surface area (Å²) in [4.78, 5) is 13.5. The van der Waals surface area contributed by atoms with Gasteiger partial charge < -0.3 is 4.74 Å². The Labute approximate surface area is 82.6 Å². The highest BCUT2D eigenvalue weighted by Crippen LogP contribution is 2.13. The first-order valence-corrected chi connectivity index (χ1v) is 5.87. The van der Waals surface area contributed by atoms with Crippen LogP contribution in [-0.4, -0.2) is 50.5 Å². The zero-order valence-electron chi connectivity index (χ0n) is 7.84. The van der Waals surface area contributed by atoms with Gasteiger partial charge in [0.05, 0.1) is 19.0 Å². The van der Waals surface area contributed by atoms with Crippen molar-refractivity contribution in [2.45, 2.75) is 13.1 Å². The molecule has 0 amide bonds. The first kappa shape index (κ1) is 11.3. The van der Waals surface area contributed by atoms with E-state index in [2.05, 4.69) is 4.99 Å². The second kappa shape index (κ2) is 4.65. The van der Waals surface area contributed by atoms with Gasteiger partial charge in [-0.05, 0) is 6.92 Å². The molecule has 1 saturated heterocycles. The molecule has 7 heteroatoms. The molecule has 1 fully saturated rings. The van der Waals surface area contributed by atoms with E-state index in [9.17, 15) is 13.2 Å². The van der Waals surface area contributed by atoms with Gasteiger partial charge in [-0.3, -0.25) is 0 Å². The minimum Gasteiger partial charge on any atom is -0.376 e. The van der Waals surface area contributed by atoms with E-state index in [0.29, 0.717) is 6.61 Å². The Balaban J connectivity index is 2.88. The van der Waals surface area contributed by atoms with Gasteiger partial charge in [-0.2, -0.15) is 9.30 Å². The van der Waals surface area contributed by atoms with Crippen molar-refractivity contribution in [1.82, 2.24) is 4.31 Å². The highest BCUT2D eigenvalue weighted by molar-refractivity contribution is 7.89. The standard InChI is InChI=1S/C7H12N2O4S/c1-2-14(11,12)9-3-4-13-5-7(9)8-6-10/h7H,2-5H2,1H3. The fourth-order valence-corrected chi connectivity index (χ4v) is 2.39. The molecule has 14 heavy (non-hydrogen) atoms. The van der Waals surface area contributed by atoms with Gasteiger partial charge in [-0.1, -0.05) is 0 Å². The van der Waals surface area contributed by atoms with Crippen molar-refractivity contribution in [2.24, 2.45) is 4.99 Å². The van der Waals surface area contributed by atoms with Gasteiger partial charge >= 0.3 is 0 Å². The summed E-state index contributed by atoms with van der Waals surface area (Å²) in [5.41, 5.74) is 0. The van der Waals surface area contributed by atoms with Crippen molar-refractivity contribution in [2.75, 3.05) is 25.5 Å². The predicted octanol–water partition coefficient (Wildman–Crippen LogP) is -0.670. The van der Waals surface area contributed by atoms with Gasteiger partial charge in [0.2, 0.25) is 16.1 Å². The lowest BCUT2D eigenvalue weighted by Crippen LogP contribution is -2.48. The number of rotatable bonds is 3. The average molecular weight is 220 g/mol. The molecule has 80 valence electrons. The maximum absolute atomic E-state index is 11.5. The van der Waals surface area contributed by atoms with E-state index in [1.807, 2.05) is 0 Å². The van der Waals surface area contributed by atoms with Crippen molar-refractivity contribution in [3.63, 3.8) is 0 Å². The molecule has 0 aromatic carbocycles. The Morgan fingerprint density at radius 2 is 2.36 bits per heavy atom. The molecular formula is C7H12N2O4S. The van der Waals surface area contributed by atoms with E-state index >= 15 is 0 Å². The van der Waals surface area contributed by atoms with Gasteiger partial charge in [0.25, 0.3) is 0 Å². The number of nitrogens with zero attached hydrogens (tertiary/aromatic N) is 2. The van der Waals surface area contributed by atoms with E-state index in [0.717, 1.165) is 0 Å². The van der Waals surface area contributed by atoms with Crippen LogP contribution in [0.4, 0.5) is 0 Å². The van der Waals surface area contributed by atoms with Crippen molar-refractivity contribution < 1.29 is 17.9 Å². The quantitative estimate of drug-likeness (QED) is 0.467. The SMILES string of the molecule is CCS(=O)(=O)N1CCOCC1N=C=O. The van der Waals surface area contributed by atoms with Crippen LogP contribution in [0.3, 0.4) is 0 Å². The Bertz CT molecular complexity index is 334. The molecule has 6 nitrogen and oxygen atoms in total. The fraction of sp³-hybridized carbons (Fsp3) is 0.857. The zero-order valence-corrected chi connectivity index (χ0v) is 8.66. The topological polar surface area (TPSA) is 76.0 Å². The van der Waals surface area contributed by atoms with Gasteiger partial charge in [-0.25, -0.2) is 13.2 Å². The fourth-order valence-electron chi connectivity index (χ4n) is 1.23. The Hall–Kier alpha value is -0.750. The van der Waals surface area contributed by atoms with Crippen LogP contribution in [0, 0.1) is 0 Å². The summed E-state index contributed by atoms with van der Waals surface area (Å²) in [7, 11) is -3.31. The summed E-state index contributed by atoms with van der Waals surface area (Å²) < 4.78 is 29.2. The summed E-state index contributed by atoms with van der Waals surface area (Å²) in [5, 5.41) is 0. The van der Waals surface area contributed by atoms with Crippen LogP contribution in [0.25, 0.3) is 0 Å². The number of isocyanates is 1. The van der Waals surface area contributed by atoms with Crippen LogP contribution in [0.5, 0.6) is 0 Å². The second-order valence-electron chi connectivity index (χ2n) is 2.79. The number of aliphatic imine (C=N–C) groups is 1. The van der Waals surface area contributed by atoms with E-state index < -0.39 is 16.2 Å². The van der Waals surface area contributed by atoms with Gasteiger partial charge in [-0.15, -0.1) is 0 Å². The van der Waals surface area contributed by atoms with Gasteiger partial charge in [0.1, 0.15) is 0 Å². The minimum atomic E-state index is -3.31. The predicted molar refractivity (Wildman–Crippen MR) is 48.9 cm³/mol. The molecule has 0 radical (unpaired) electrons. The normalized spacial score (nSPS) is 24.2. The molecule has 1 heterocycles. The molecule has 0 N–H and O–H groups in total. The monoisotopic (exact) mass is 220 g/mol. The van der Waals surface area contributed by atoms with Crippen LogP contribution < -0.4 is 0 Å². The van der Waals surface area contributed by atoms with Crippen molar-refractivity contribution in [1.29, 1.82) is 0 Å². The zero-order chi connectivity index (χ0) is 10.6. The van der Waals surface area contributed by atoms with Gasteiger partial charge in [0, 0.05) is 6.54 Å². The Kier molecular flexibility index (Phi) is 3.77. The van der Waals surface area contributed by atoms with Crippen molar-refractivity contribution in [3.05, 3.63) is 0 Å². The molecule has 1 aliphatic heterocycles. The first-order valence-electron chi connectivity index (χ1n) is 4.26. The molecule has 1 unspecified atom stereocenters. The number of carbonyl (C=O) groups excluding carboxylic acids is 1. The van der Waals surface area contributed by atoms with Crippen LogP contribution in [0.15, 0.2) is 4.99 Å². The van der Waals surface area contributed by atoms with E-state index in [-0.39, 0.29) is 18.9 Å². The maximum atomic E-state index is 11.5. The number of hydrogen-bond acceptors (Lipinski definition) is 5. The molecule has 0 aliphatic carbocycles. The summed E-state index contributed by atoms with van der Waals surface area (Å²) in [6, 6.07) is 0. The largest absolute Gasteiger partial charge is 0.376 e. The highest BCUT2D eigenvalue weighted by Gasteiger charge is 2.31. The first-order chi connectivity index (χ1) is 6.61. The van der Waals surface area contributed by atoms with Crippen LogP contribution in [-0.2, 0) is 19.6 Å². The third-order valence-corrected chi connectivity index (χ3v) is 3.85. The van der Waals surface area contributed by atoms with Crippen LogP contribution >= 0.6 is 0 Å². The molecular weight excluding hydrogens is 208 g/mol. The minimum absolute atomic E-state index is 0.00211. The lowest BCUT2D eigenvalue weighted by Gasteiger charge is -2.30. The maximum Gasteiger partial charge on any atom is 0.236 e. The van der Waals surface area contributed by atoms with Crippen LogP contribution in [0.2, 0.25) is 0 Å². The molecule has 0 aromatic rings. The summed E-state index contributed by atoms with van der Waals surface area (Å²) in [6.07, 6.45) is 0.608. The number of ether oxygens (including phenoxy) is 1. The lowest BCUT2D eigenvalue weighted by molar-refractivity contribution is 0.0360. The van der Waals surface area contributed by atoms with E-state index in [4.69, 9.17) is 4.74 Å². The molecule has 1 rings (SSSR count). The molecule has 0 bridgehead atoms. The number of sulfonamides is 1. The summed E-state index contributed by atoms with van der Waals surface area (Å²) in [6.45, 7) is 2.25. The molecule has 0 spiro atoms. The Morgan fingerprint density at radius 3 is 2.93 bits per heavy atom. The number of hydrogen-bond donors (Lipinski definition) is 0. The molecule has 0 aromatic heterocycles. The van der Waals surface area contributed by atoms with Crippen LogP contribution in [0.1, 0.15) is 6.92 Å². The summed E-state index contributed by atoms with van der Waals surface area (Å²) >= 11 is 0. The van der Waals surface area contributed by atoms with Gasteiger partial charge in [0.15, 0.2) is 6.17 Å². The third kappa shape index (κ3) is 2.39. The lowest BCUT2D eigenvalue weighted by atomic mass is 10.4. The second-order valence-corrected chi connectivity index (χ2v) is 5.00. The van der Waals surface area contributed by atoms with E-state index in [1.165, 1.54) is 10.4 Å². The molecule has 0 saturated carbocycles. The third-order valence-electron chi connectivity index (χ3n) is 1.98. The Morgan fingerprint density at radius 1 is 1.64 bits per heavy atom. The van der Waals surface area contributed by atoms with E-state index in [1.54, 1.807) is 6.92 Å².